The molecule has 4 rings (SSSR count). The van der Waals surface area contributed by atoms with Gasteiger partial charge < -0.3 is 0 Å². The predicted molar refractivity (Wildman–Crippen MR) is 107 cm³/mol. The van der Waals surface area contributed by atoms with Crippen LogP contribution in [0.25, 0.3) is 21.5 Å². The van der Waals surface area contributed by atoms with E-state index in [9.17, 15) is 0 Å². The summed E-state index contributed by atoms with van der Waals surface area (Å²) in [6.45, 7) is 8.80. The molecule has 0 fully saturated rings. The molecule has 0 aliphatic carbocycles. The molecule has 0 nitrogen and oxygen atoms in total. The van der Waals surface area contributed by atoms with Crippen molar-refractivity contribution in [2.75, 3.05) is 0 Å². The van der Waals surface area contributed by atoms with Crippen LogP contribution in [0.3, 0.4) is 0 Å². The van der Waals surface area contributed by atoms with Crippen molar-refractivity contribution in [2.45, 2.75) is 34.1 Å². The first-order valence-corrected chi connectivity index (χ1v) is 8.84. The minimum Gasteiger partial charge on any atom is -0.183 e. The van der Waals surface area contributed by atoms with Crippen LogP contribution in [0.2, 0.25) is 0 Å². The molecule has 4 aromatic carbocycles. The SMILES string of the molecule is Cc1ccc2c(Cc3c(C)[c-]cc4c[c-]ccc34)c(C)c(C)cc2c1.[Y].[Y].[Y]. The summed E-state index contributed by atoms with van der Waals surface area (Å²) in [5.41, 5.74) is 8.12. The zero-order valence-corrected chi connectivity index (χ0v) is 25.6. The average molecular weight is 589 g/mol. The molecule has 0 atom stereocenters. The third-order valence-electron chi connectivity index (χ3n) is 5.42. The van der Waals surface area contributed by atoms with E-state index in [2.05, 4.69) is 82.3 Å². The van der Waals surface area contributed by atoms with E-state index in [-0.39, 0.29) is 98.1 Å². The van der Waals surface area contributed by atoms with Crippen LogP contribution in [0.4, 0.5) is 0 Å². The van der Waals surface area contributed by atoms with Crippen LogP contribution in [-0.2, 0) is 105 Å². The van der Waals surface area contributed by atoms with Crippen LogP contribution in [0, 0.1) is 39.8 Å². The van der Waals surface area contributed by atoms with E-state index in [4.69, 9.17) is 0 Å². The van der Waals surface area contributed by atoms with E-state index in [0.717, 1.165) is 6.42 Å². The molecule has 0 bridgehead atoms. The van der Waals surface area contributed by atoms with E-state index in [0.29, 0.717) is 0 Å². The molecule has 133 valence electrons. The van der Waals surface area contributed by atoms with Crippen molar-refractivity contribution >= 4 is 21.5 Å². The molecule has 3 heteroatoms. The molecule has 0 unspecified atom stereocenters. The summed E-state index contributed by atoms with van der Waals surface area (Å²) in [5, 5.41) is 5.24. The Kier molecular flexibility index (Phi) is 10.9. The number of fused-ring (bicyclic) bond motifs is 2. The van der Waals surface area contributed by atoms with Crippen LogP contribution < -0.4 is 0 Å². The Bertz CT molecular complexity index is 1110. The minimum absolute atomic E-state index is 0. The molecule has 3 radical (unpaired) electrons. The summed E-state index contributed by atoms with van der Waals surface area (Å²) in [5.74, 6) is 0. The molecule has 0 spiro atoms. The summed E-state index contributed by atoms with van der Waals surface area (Å²) in [6, 6.07) is 24.1. The Morgan fingerprint density at radius 1 is 0.750 bits per heavy atom. The second-order valence-electron chi connectivity index (χ2n) is 7.10. The number of hydrogen-bond acceptors (Lipinski definition) is 0. The fraction of sp³-hybridized carbons (Fsp3) is 0.200. The van der Waals surface area contributed by atoms with Gasteiger partial charge in [0.25, 0.3) is 0 Å². The summed E-state index contributed by atoms with van der Waals surface area (Å²) >= 11 is 0. The second-order valence-corrected chi connectivity index (χ2v) is 7.10. The predicted octanol–water partition coefficient (Wildman–Crippen LogP) is 6.41. The Morgan fingerprint density at radius 2 is 1.46 bits per heavy atom. The number of aryl methyl sites for hydroxylation is 3. The summed E-state index contributed by atoms with van der Waals surface area (Å²) in [7, 11) is 0. The van der Waals surface area contributed by atoms with Crippen LogP contribution >= 0.6 is 0 Å². The first-order chi connectivity index (χ1) is 12.0. The minimum atomic E-state index is 0. The zero-order valence-electron chi connectivity index (χ0n) is 17.1. The van der Waals surface area contributed by atoms with E-state index < -0.39 is 0 Å². The van der Waals surface area contributed by atoms with Crippen molar-refractivity contribution in [3.05, 3.63) is 94.0 Å². The Hall–Kier alpha value is 0.712. The van der Waals surface area contributed by atoms with Crippen LogP contribution in [0.1, 0.15) is 33.4 Å². The third-order valence-corrected chi connectivity index (χ3v) is 5.42. The largest absolute Gasteiger partial charge is 0.183 e. The molecule has 0 aliphatic rings. The Labute approximate surface area is 244 Å². The quantitative estimate of drug-likeness (QED) is 0.237. The standard InChI is InChI=1S/C25H22.3Y/c1-16-9-12-23-21(13-16)14-18(3)19(4)25(23)15-24-17(2)10-11-20-7-5-6-8-22(20)24;;;/h6-9,11-14H,15H2,1-4H3;;;/q-2;;;. The number of hydrogen-bond donors (Lipinski definition) is 0. The molecule has 0 N–H and O–H groups in total. The van der Waals surface area contributed by atoms with Crippen LogP contribution in [0.5, 0.6) is 0 Å². The van der Waals surface area contributed by atoms with Crippen molar-refractivity contribution in [1.82, 2.24) is 0 Å². The smallest absolute Gasteiger partial charge is 0 e. The van der Waals surface area contributed by atoms with Gasteiger partial charge in [-0.25, -0.2) is 0 Å². The Balaban J connectivity index is 0.00000131. The van der Waals surface area contributed by atoms with Crippen molar-refractivity contribution in [3.63, 3.8) is 0 Å². The molecule has 4 aromatic rings. The summed E-state index contributed by atoms with van der Waals surface area (Å²) < 4.78 is 0. The molecule has 0 saturated heterocycles. The molecule has 0 saturated carbocycles. The molecule has 0 heterocycles. The fourth-order valence-electron chi connectivity index (χ4n) is 3.80. The average Bonchev–Trinajstić information content (AvgIpc) is 2.60. The van der Waals surface area contributed by atoms with E-state index in [1.165, 1.54) is 54.9 Å². The van der Waals surface area contributed by atoms with Gasteiger partial charge in [-0.1, -0.05) is 36.8 Å². The maximum absolute atomic E-state index is 3.43. The number of benzene rings is 4. The van der Waals surface area contributed by atoms with Gasteiger partial charge in [0.1, 0.15) is 0 Å². The van der Waals surface area contributed by atoms with E-state index >= 15 is 0 Å². The van der Waals surface area contributed by atoms with Gasteiger partial charge in [-0.3, -0.25) is 0 Å². The molecule has 0 aromatic heterocycles. The van der Waals surface area contributed by atoms with Crippen LogP contribution in [-0.4, -0.2) is 0 Å². The number of rotatable bonds is 2. The van der Waals surface area contributed by atoms with Gasteiger partial charge in [-0.15, -0.1) is 0 Å². The summed E-state index contributed by atoms with van der Waals surface area (Å²) in [4.78, 5) is 0. The first-order valence-electron chi connectivity index (χ1n) is 8.84. The van der Waals surface area contributed by atoms with Crippen molar-refractivity contribution in [1.29, 1.82) is 0 Å². The van der Waals surface area contributed by atoms with Crippen LogP contribution in [0.15, 0.2) is 48.5 Å². The van der Waals surface area contributed by atoms with Gasteiger partial charge in [0.2, 0.25) is 0 Å². The fourth-order valence-corrected chi connectivity index (χ4v) is 3.80. The molecule has 0 aliphatic heterocycles. The molecular weight excluding hydrogens is 567 g/mol. The maximum Gasteiger partial charge on any atom is 0 e. The van der Waals surface area contributed by atoms with E-state index in [1.54, 1.807) is 0 Å². The molecular formula is C25H22Y3-2. The first kappa shape index (κ1) is 26.7. The van der Waals surface area contributed by atoms with E-state index in [1.807, 2.05) is 6.07 Å². The van der Waals surface area contributed by atoms with Gasteiger partial charge in [-0.05, 0) is 54.7 Å². The van der Waals surface area contributed by atoms with Gasteiger partial charge in [0.05, 0.1) is 0 Å². The monoisotopic (exact) mass is 589 g/mol. The third kappa shape index (κ3) is 5.30. The molecule has 0 amide bonds. The summed E-state index contributed by atoms with van der Waals surface area (Å²) in [6.07, 6.45) is 0.941. The topological polar surface area (TPSA) is 0 Å². The Morgan fingerprint density at radius 3 is 2.21 bits per heavy atom. The maximum atomic E-state index is 3.43. The van der Waals surface area contributed by atoms with Gasteiger partial charge >= 0.3 is 0 Å². The van der Waals surface area contributed by atoms with Crippen molar-refractivity contribution in [2.24, 2.45) is 0 Å². The van der Waals surface area contributed by atoms with Gasteiger partial charge in [0, 0.05) is 98.1 Å². The van der Waals surface area contributed by atoms with Crippen molar-refractivity contribution in [3.8, 4) is 0 Å². The van der Waals surface area contributed by atoms with Gasteiger partial charge in [-0.2, -0.15) is 58.3 Å². The normalized spacial score (nSPS) is 10.1. The van der Waals surface area contributed by atoms with Gasteiger partial charge in [0.15, 0.2) is 0 Å². The second kappa shape index (κ2) is 11.4. The zero-order chi connectivity index (χ0) is 17.6. The molecule has 28 heavy (non-hydrogen) atoms. The van der Waals surface area contributed by atoms with Crippen molar-refractivity contribution < 1.29 is 98.1 Å².